The van der Waals surface area contributed by atoms with Crippen LogP contribution in [0.15, 0.2) is 24.3 Å². The number of likely N-dealkylation sites (N-methyl/N-ethyl adjacent to an activating group) is 1. The summed E-state index contributed by atoms with van der Waals surface area (Å²) in [5.74, 6) is 5.13. The van der Waals surface area contributed by atoms with Crippen LogP contribution in [0, 0.1) is 0 Å². The van der Waals surface area contributed by atoms with Crippen LogP contribution in [0.4, 0.5) is 0 Å². The molecule has 0 unspecified atom stereocenters. The van der Waals surface area contributed by atoms with Crippen molar-refractivity contribution in [1.29, 1.82) is 0 Å². The van der Waals surface area contributed by atoms with Crippen LogP contribution in [-0.4, -0.2) is 36.4 Å². The fourth-order valence-electron chi connectivity index (χ4n) is 1.60. The topological polar surface area (TPSA) is 84.7 Å². The lowest BCUT2D eigenvalue weighted by atomic mass is 10.2. The van der Waals surface area contributed by atoms with E-state index >= 15 is 0 Å². The van der Waals surface area contributed by atoms with Gasteiger partial charge in [0.05, 0.1) is 0 Å². The molecule has 0 aliphatic carbocycles. The van der Waals surface area contributed by atoms with Gasteiger partial charge in [0.1, 0.15) is 5.75 Å². The predicted molar refractivity (Wildman–Crippen MR) is 71.5 cm³/mol. The second-order valence-corrected chi connectivity index (χ2v) is 3.85. The SMILES string of the molecule is CCN(CC)C(=O)COc1ccc(C(=O)NN)cc1. The number of amides is 2. The van der Waals surface area contributed by atoms with Crippen molar-refractivity contribution in [3.8, 4) is 5.75 Å². The predicted octanol–water partition coefficient (Wildman–Crippen LogP) is 0.537. The van der Waals surface area contributed by atoms with Gasteiger partial charge in [-0.3, -0.25) is 15.0 Å². The average Bonchev–Trinajstić information content (AvgIpc) is 2.46. The first-order valence-corrected chi connectivity index (χ1v) is 6.13. The zero-order chi connectivity index (χ0) is 14.3. The molecular formula is C13H19N3O3. The molecule has 0 saturated carbocycles. The number of nitrogens with one attached hydrogen (secondary N) is 1. The fraction of sp³-hybridized carbons (Fsp3) is 0.385. The summed E-state index contributed by atoms with van der Waals surface area (Å²) in [5, 5.41) is 0. The molecule has 0 bridgehead atoms. The standard InChI is InChI=1S/C13H19N3O3/c1-3-16(4-2)12(17)9-19-11-7-5-10(6-8-11)13(18)15-14/h5-8H,3-4,9,14H2,1-2H3,(H,15,18). The van der Waals surface area contributed by atoms with E-state index in [1.165, 1.54) is 0 Å². The summed E-state index contributed by atoms with van der Waals surface area (Å²) in [5.41, 5.74) is 2.48. The van der Waals surface area contributed by atoms with E-state index in [-0.39, 0.29) is 18.4 Å². The summed E-state index contributed by atoms with van der Waals surface area (Å²) in [6.07, 6.45) is 0. The van der Waals surface area contributed by atoms with E-state index in [4.69, 9.17) is 10.6 Å². The van der Waals surface area contributed by atoms with Gasteiger partial charge >= 0.3 is 0 Å². The number of carbonyl (C=O) groups is 2. The lowest BCUT2D eigenvalue weighted by Crippen LogP contribution is -2.34. The second-order valence-electron chi connectivity index (χ2n) is 3.85. The molecule has 0 fully saturated rings. The Bertz CT molecular complexity index is 427. The Kier molecular flexibility index (Phi) is 5.81. The maximum Gasteiger partial charge on any atom is 0.265 e. The van der Waals surface area contributed by atoms with Crippen molar-refractivity contribution in [3.05, 3.63) is 29.8 Å². The molecule has 19 heavy (non-hydrogen) atoms. The molecule has 1 rings (SSSR count). The smallest absolute Gasteiger partial charge is 0.265 e. The summed E-state index contributed by atoms with van der Waals surface area (Å²) < 4.78 is 5.37. The summed E-state index contributed by atoms with van der Waals surface area (Å²) >= 11 is 0. The molecule has 0 aromatic heterocycles. The third-order valence-electron chi connectivity index (χ3n) is 2.73. The molecule has 0 radical (unpaired) electrons. The van der Waals surface area contributed by atoms with Crippen molar-refractivity contribution in [1.82, 2.24) is 10.3 Å². The van der Waals surface area contributed by atoms with Crippen LogP contribution in [0.2, 0.25) is 0 Å². The molecule has 1 aromatic rings. The maximum absolute atomic E-state index is 11.7. The minimum absolute atomic E-state index is 0.00981. The van der Waals surface area contributed by atoms with Crippen LogP contribution >= 0.6 is 0 Å². The quantitative estimate of drug-likeness (QED) is 0.446. The highest BCUT2D eigenvalue weighted by Gasteiger charge is 2.10. The normalized spacial score (nSPS) is 9.84. The highest BCUT2D eigenvalue weighted by atomic mass is 16.5. The van der Waals surface area contributed by atoms with Crippen molar-refractivity contribution < 1.29 is 14.3 Å². The molecule has 0 spiro atoms. The molecule has 1 aromatic carbocycles. The summed E-state index contributed by atoms with van der Waals surface area (Å²) in [6.45, 7) is 5.15. The van der Waals surface area contributed by atoms with Gasteiger partial charge in [-0.15, -0.1) is 0 Å². The third-order valence-corrected chi connectivity index (χ3v) is 2.73. The van der Waals surface area contributed by atoms with E-state index in [0.29, 0.717) is 24.4 Å². The minimum Gasteiger partial charge on any atom is -0.484 e. The van der Waals surface area contributed by atoms with Gasteiger partial charge in [-0.1, -0.05) is 0 Å². The second kappa shape index (κ2) is 7.38. The van der Waals surface area contributed by atoms with E-state index < -0.39 is 0 Å². The first-order valence-electron chi connectivity index (χ1n) is 6.13. The molecule has 0 aliphatic heterocycles. The zero-order valence-electron chi connectivity index (χ0n) is 11.2. The number of carbonyl (C=O) groups excluding carboxylic acids is 2. The van der Waals surface area contributed by atoms with E-state index in [2.05, 4.69) is 0 Å². The van der Waals surface area contributed by atoms with Crippen LogP contribution in [-0.2, 0) is 4.79 Å². The van der Waals surface area contributed by atoms with Gasteiger partial charge in [0.15, 0.2) is 6.61 Å². The summed E-state index contributed by atoms with van der Waals surface area (Å²) in [6, 6.07) is 6.42. The van der Waals surface area contributed by atoms with Crippen LogP contribution < -0.4 is 16.0 Å². The van der Waals surface area contributed by atoms with Crippen molar-refractivity contribution in [2.45, 2.75) is 13.8 Å². The Morgan fingerprint density at radius 3 is 2.26 bits per heavy atom. The average molecular weight is 265 g/mol. The van der Waals surface area contributed by atoms with Crippen LogP contribution in [0.25, 0.3) is 0 Å². The van der Waals surface area contributed by atoms with Crippen molar-refractivity contribution in [2.75, 3.05) is 19.7 Å². The van der Waals surface area contributed by atoms with Gasteiger partial charge in [0.2, 0.25) is 0 Å². The number of hydrogen-bond acceptors (Lipinski definition) is 4. The van der Waals surface area contributed by atoms with Gasteiger partial charge in [-0.2, -0.15) is 0 Å². The van der Waals surface area contributed by atoms with Gasteiger partial charge in [-0.05, 0) is 38.1 Å². The summed E-state index contributed by atoms with van der Waals surface area (Å²) in [7, 11) is 0. The molecule has 2 amide bonds. The Balaban J connectivity index is 2.54. The van der Waals surface area contributed by atoms with E-state index in [0.717, 1.165) is 0 Å². The van der Waals surface area contributed by atoms with Crippen molar-refractivity contribution in [2.24, 2.45) is 5.84 Å². The van der Waals surface area contributed by atoms with E-state index in [9.17, 15) is 9.59 Å². The van der Waals surface area contributed by atoms with Gasteiger partial charge in [-0.25, -0.2) is 5.84 Å². The molecular weight excluding hydrogens is 246 g/mol. The van der Waals surface area contributed by atoms with Gasteiger partial charge in [0.25, 0.3) is 11.8 Å². The van der Waals surface area contributed by atoms with Crippen molar-refractivity contribution >= 4 is 11.8 Å². The highest BCUT2D eigenvalue weighted by Crippen LogP contribution is 2.12. The lowest BCUT2D eigenvalue weighted by molar-refractivity contribution is -0.132. The number of hydrogen-bond donors (Lipinski definition) is 2. The van der Waals surface area contributed by atoms with E-state index in [1.54, 1.807) is 29.2 Å². The summed E-state index contributed by atoms with van der Waals surface area (Å²) in [4.78, 5) is 24.6. The Morgan fingerprint density at radius 1 is 1.21 bits per heavy atom. The minimum atomic E-state index is -0.370. The maximum atomic E-state index is 11.7. The van der Waals surface area contributed by atoms with Crippen LogP contribution in [0.3, 0.4) is 0 Å². The van der Waals surface area contributed by atoms with Crippen LogP contribution in [0.1, 0.15) is 24.2 Å². The van der Waals surface area contributed by atoms with Crippen molar-refractivity contribution in [3.63, 3.8) is 0 Å². The molecule has 6 heteroatoms. The van der Waals surface area contributed by atoms with Gasteiger partial charge in [0, 0.05) is 18.7 Å². The number of nitrogen functional groups attached to an aromatic ring is 1. The molecule has 0 saturated heterocycles. The number of nitrogens with two attached hydrogens (primary N) is 1. The van der Waals surface area contributed by atoms with Gasteiger partial charge < -0.3 is 9.64 Å². The molecule has 0 aliphatic rings. The zero-order valence-corrected chi connectivity index (χ0v) is 11.2. The van der Waals surface area contributed by atoms with E-state index in [1.807, 2.05) is 19.3 Å². The first kappa shape index (κ1) is 15.0. The number of nitrogens with zero attached hydrogens (tertiary/aromatic N) is 1. The number of rotatable bonds is 6. The Labute approximate surface area is 112 Å². The monoisotopic (exact) mass is 265 g/mol. The molecule has 104 valence electrons. The first-order chi connectivity index (χ1) is 9.12. The molecule has 6 nitrogen and oxygen atoms in total. The largest absolute Gasteiger partial charge is 0.484 e. The Morgan fingerprint density at radius 2 is 1.79 bits per heavy atom. The van der Waals surface area contributed by atoms with Crippen LogP contribution in [0.5, 0.6) is 5.75 Å². The molecule has 0 heterocycles. The molecule has 0 atom stereocenters. The fourth-order valence-corrected chi connectivity index (χ4v) is 1.60. The number of hydrazine groups is 1. The Hall–Kier alpha value is -2.08. The third kappa shape index (κ3) is 4.26. The highest BCUT2D eigenvalue weighted by molar-refractivity contribution is 5.93. The number of benzene rings is 1. The molecule has 3 N–H and O–H groups in total. The lowest BCUT2D eigenvalue weighted by Gasteiger charge is -2.18. The number of ether oxygens (including phenoxy) is 1.